The van der Waals surface area contributed by atoms with Crippen molar-refractivity contribution in [3.63, 3.8) is 0 Å². The Morgan fingerprint density at radius 1 is 1.00 bits per heavy atom. The molecule has 5 rings (SSSR count). The second-order valence-corrected chi connectivity index (χ2v) is 7.98. The number of thiocarbonyl (C=S) groups is 1. The number of aromatic nitrogens is 3. The average Bonchev–Trinajstić information content (AvgIpc) is 3.43. The first-order valence-electron chi connectivity index (χ1n) is 10.4. The van der Waals surface area contributed by atoms with E-state index in [0.29, 0.717) is 11.7 Å². The first kappa shape index (κ1) is 20.2. The number of benzene rings is 1. The summed E-state index contributed by atoms with van der Waals surface area (Å²) in [5.74, 6) is 0.772. The van der Waals surface area contributed by atoms with Crippen LogP contribution in [-0.4, -0.2) is 26.8 Å². The molecule has 1 saturated heterocycles. The van der Waals surface area contributed by atoms with Gasteiger partial charge in [0.05, 0.1) is 24.5 Å². The highest BCUT2D eigenvalue weighted by atomic mass is 32.1. The summed E-state index contributed by atoms with van der Waals surface area (Å²) < 4.78 is 7.92. The maximum atomic E-state index is 5.84. The Balaban J connectivity index is 1.63. The summed E-state index contributed by atoms with van der Waals surface area (Å²) >= 11 is 5.84. The molecule has 0 saturated carbocycles. The molecule has 6 nitrogen and oxygen atoms in total. The topological polar surface area (TPSA) is 55.2 Å². The van der Waals surface area contributed by atoms with Crippen molar-refractivity contribution >= 4 is 23.0 Å². The van der Waals surface area contributed by atoms with Gasteiger partial charge in [-0.3, -0.25) is 9.97 Å². The Morgan fingerprint density at radius 2 is 1.88 bits per heavy atom. The Morgan fingerprint density at radius 3 is 2.66 bits per heavy atom. The zero-order valence-corrected chi connectivity index (χ0v) is 18.4. The second-order valence-electron chi connectivity index (χ2n) is 7.59. The van der Waals surface area contributed by atoms with E-state index in [2.05, 4.69) is 49.1 Å². The number of hydrogen-bond acceptors (Lipinski definition) is 4. The molecule has 1 aliphatic rings. The maximum Gasteiger partial charge on any atom is 0.174 e. The van der Waals surface area contributed by atoms with Crippen LogP contribution in [0.3, 0.4) is 0 Å². The highest BCUT2D eigenvalue weighted by molar-refractivity contribution is 7.80. The van der Waals surface area contributed by atoms with Crippen LogP contribution in [-0.2, 0) is 6.54 Å². The fraction of sp³-hybridized carbons (Fsp3) is 0.160. The molecule has 1 N–H and O–H groups in total. The summed E-state index contributed by atoms with van der Waals surface area (Å²) in [5.41, 5.74) is 4.12. The quantitative estimate of drug-likeness (QED) is 0.444. The third kappa shape index (κ3) is 3.71. The van der Waals surface area contributed by atoms with E-state index >= 15 is 0 Å². The van der Waals surface area contributed by atoms with E-state index in [9.17, 15) is 0 Å². The first-order valence-corrected chi connectivity index (χ1v) is 10.8. The van der Waals surface area contributed by atoms with Gasteiger partial charge in [0.25, 0.3) is 0 Å². The monoisotopic (exact) mass is 441 g/mol. The number of methoxy groups -OCH3 is 1. The zero-order valence-electron chi connectivity index (χ0n) is 17.6. The van der Waals surface area contributed by atoms with Crippen molar-refractivity contribution in [2.45, 2.75) is 18.6 Å². The van der Waals surface area contributed by atoms with Crippen LogP contribution in [0.15, 0.2) is 91.5 Å². The van der Waals surface area contributed by atoms with E-state index in [1.165, 1.54) is 0 Å². The molecule has 4 aromatic rings. The number of nitrogens with zero attached hydrogens (tertiary/aromatic N) is 4. The lowest BCUT2D eigenvalue weighted by atomic mass is 10.0. The van der Waals surface area contributed by atoms with Crippen molar-refractivity contribution in [2.75, 3.05) is 12.0 Å². The molecule has 4 heterocycles. The fourth-order valence-corrected chi connectivity index (χ4v) is 4.61. The number of ether oxygens (including phenoxy) is 1. The standard InChI is InChI=1S/C25H23N5OS/c1-31-22-12-3-2-10-20(22)30-24(23(28-25(30)32)19-9-4-5-14-27-19)21-11-7-15-29(21)17-18-8-6-13-26-16-18/h2-16,23-24H,17H2,1H3,(H,28,32). The van der Waals surface area contributed by atoms with Crippen molar-refractivity contribution in [1.82, 2.24) is 19.9 Å². The summed E-state index contributed by atoms with van der Waals surface area (Å²) in [6.07, 6.45) is 7.60. The SMILES string of the molecule is COc1ccccc1N1C(=S)NC(c2ccccn2)C1c1cccn1Cc1cccnc1. The van der Waals surface area contributed by atoms with Crippen LogP contribution in [0.1, 0.15) is 29.0 Å². The van der Waals surface area contributed by atoms with Gasteiger partial charge >= 0.3 is 0 Å². The zero-order chi connectivity index (χ0) is 21.9. The molecular formula is C25H23N5OS. The lowest BCUT2D eigenvalue weighted by Gasteiger charge is -2.30. The van der Waals surface area contributed by atoms with E-state index in [0.717, 1.165) is 28.4 Å². The van der Waals surface area contributed by atoms with Gasteiger partial charge in [0, 0.05) is 37.0 Å². The maximum absolute atomic E-state index is 5.84. The molecule has 0 aliphatic carbocycles. The predicted octanol–water partition coefficient (Wildman–Crippen LogP) is 4.51. The van der Waals surface area contributed by atoms with E-state index in [4.69, 9.17) is 17.0 Å². The van der Waals surface area contributed by atoms with Gasteiger partial charge in [0.1, 0.15) is 11.8 Å². The normalized spacial score (nSPS) is 17.9. The molecule has 1 aromatic carbocycles. The molecule has 1 fully saturated rings. The van der Waals surface area contributed by atoms with Crippen molar-refractivity contribution in [3.05, 3.63) is 108 Å². The van der Waals surface area contributed by atoms with Crippen molar-refractivity contribution < 1.29 is 4.74 Å². The van der Waals surface area contributed by atoms with Gasteiger partial charge in [-0.1, -0.05) is 24.3 Å². The number of anilines is 1. The largest absolute Gasteiger partial charge is 0.495 e. The molecule has 2 atom stereocenters. The van der Waals surface area contributed by atoms with Gasteiger partial charge in [0.2, 0.25) is 0 Å². The molecule has 160 valence electrons. The molecular weight excluding hydrogens is 418 g/mol. The van der Waals surface area contributed by atoms with Crippen LogP contribution in [0.4, 0.5) is 5.69 Å². The summed E-state index contributed by atoms with van der Waals surface area (Å²) in [5, 5.41) is 4.16. The molecule has 0 bridgehead atoms. The Hall–Kier alpha value is -3.71. The number of rotatable bonds is 6. The lowest BCUT2D eigenvalue weighted by molar-refractivity contribution is 0.414. The third-order valence-electron chi connectivity index (χ3n) is 5.69. The predicted molar refractivity (Wildman–Crippen MR) is 129 cm³/mol. The van der Waals surface area contributed by atoms with Crippen LogP contribution in [0.2, 0.25) is 0 Å². The van der Waals surface area contributed by atoms with E-state index in [1.807, 2.05) is 60.9 Å². The van der Waals surface area contributed by atoms with Gasteiger partial charge in [-0.15, -0.1) is 0 Å². The van der Waals surface area contributed by atoms with Gasteiger partial charge in [-0.2, -0.15) is 0 Å². The second kappa shape index (κ2) is 8.80. The molecule has 0 radical (unpaired) electrons. The fourth-order valence-electron chi connectivity index (χ4n) is 4.27. The Kier molecular flexibility index (Phi) is 5.56. The van der Waals surface area contributed by atoms with Gasteiger partial charge in [-0.25, -0.2) is 0 Å². The van der Waals surface area contributed by atoms with Gasteiger partial charge in [-0.05, 0) is 60.2 Å². The minimum atomic E-state index is -0.115. The van der Waals surface area contributed by atoms with Crippen LogP contribution >= 0.6 is 12.2 Å². The Labute approximate surface area is 192 Å². The minimum Gasteiger partial charge on any atom is -0.495 e. The summed E-state index contributed by atoms with van der Waals surface area (Å²) in [4.78, 5) is 11.1. The smallest absolute Gasteiger partial charge is 0.174 e. The van der Waals surface area contributed by atoms with Crippen LogP contribution in [0.25, 0.3) is 0 Å². The van der Waals surface area contributed by atoms with E-state index < -0.39 is 0 Å². The summed E-state index contributed by atoms with van der Waals surface area (Å²) in [7, 11) is 1.68. The van der Waals surface area contributed by atoms with Crippen molar-refractivity contribution in [2.24, 2.45) is 0 Å². The highest BCUT2D eigenvalue weighted by Crippen LogP contribution is 2.44. The van der Waals surface area contributed by atoms with Crippen molar-refractivity contribution in [3.8, 4) is 5.75 Å². The minimum absolute atomic E-state index is 0.111. The molecule has 3 aromatic heterocycles. The van der Waals surface area contributed by atoms with Crippen molar-refractivity contribution in [1.29, 1.82) is 0 Å². The summed E-state index contributed by atoms with van der Waals surface area (Å²) in [6.45, 7) is 0.716. The van der Waals surface area contributed by atoms with Gasteiger partial charge < -0.3 is 19.5 Å². The third-order valence-corrected chi connectivity index (χ3v) is 6.00. The van der Waals surface area contributed by atoms with E-state index in [1.54, 1.807) is 13.3 Å². The van der Waals surface area contributed by atoms with Crippen LogP contribution in [0, 0.1) is 0 Å². The molecule has 0 spiro atoms. The number of hydrogen-bond donors (Lipinski definition) is 1. The molecule has 0 amide bonds. The van der Waals surface area contributed by atoms with Crippen LogP contribution in [0.5, 0.6) is 5.75 Å². The molecule has 1 aliphatic heterocycles. The average molecular weight is 442 g/mol. The van der Waals surface area contributed by atoms with E-state index in [-0.39, 0.29) is 12.1 Å². The number of nitrogens with one attached hydrogen (secondary N) is 1. The summed E-state index contributed by atoms with van der Waals surface area (Å²) in [6, 6.07) is 22.0. The first-order chi connectivity index (χ1) is 15.8. The number of para-hydroxylation sites is 2. The van der Waals surface area contributed by atoms with Crippen LogP contribution < -0.4 is 15.0 Å². The van der Waals surface area contributed by atoms with Gasteiger partial charge in [0.15, 0.2) is 5.11 Å². The Bertz CT molecular complexity index is 1210. The number of pyridine rings is 2. The molecule has 32 heavy (non-hydrogen) atoms. The molecule has 2 unspecified atom stereocenters. The lowest BCUT2D eigenvalue weighted by Crippen LogP contribution is -2.30. The highest BCUT2D eigenvalue weighted by Gasteiger charge is 2.42. The molecule has 7 heteroatoms.